The minimum Gasteiger partial charge on any atom is -0.451 e. The molecule has 0 rings (SSSR count). The number of hydrogen-bond acceptors (Lipinski definition) is 5. The molecular weight excluding hydrogens is 180 g/mol. The molecule has 0 aromatic carbocycles. The lowest BCUT2D eigenvalue weighted by Gasteiger charge is -2.10. The lowest BCUT2D eigenvalue weighted by molar-refractivity contribution is -0.139. The smallest absolute Gasteiger partial charge is 0.451 e. The summed E-state index contributed by atoms with van der Waals surface area (Å²) >= 11 is 5.15. The molecule has 1 unspecified atom stereocenters. The van der Waals surface area contributed by atoms with Crippen molar-refractivity contribution >= 4 is 26.6 Å². The van der Waals surface area contributed by atoms with E-state index in [2.05, 4.69) is 4.43 Å². The topological polar surface area (TPSA) is 87.0 Å². The van der Waals surface area contributed by atoms with Gasteiger partial charge in [0.15, 0.2) is 0 Å². The van der Waals surface area contributed by atoms with Crippen molar-refractivity contribution in [2.75, 3.05) is 0 Å². The van der Waals surface area contributed by atoms with Crippen LogP contribution < -0.4 is 0 Å². The van der Waals surface area contributed by atoms with Crippen molar-refractivity contribution in [3.8, 4) is 0 Å². The summed E-state index contributed by atoms with van der Waals surface area (Å²) in [6.07, 6.45) is 0. The maximum absolute atomic E-state index is 10.4. The maximum atomic E-state index is 10.4. The Balaban J connectivity index is 3.81. The Bertz CT molecular complexity index is 129. The van der Waals surface area contributed by atoms with Crippen molar-refractivity contribution < 1.29 is 23.6 Å². The van der Waals surface area contributed by atoms with Gasteiger partial charge in [0, 0.05) is 0 Å². The van der Waals surface area contributed by atoms with Crippen LogP contribution in [-0.2, 0) is 9.22 Å². The van der Waals surface area contributed by atoms with Crippen LogP contribution in [0.2, 0.25) is 0 Å². The molecule has 0 fully saturated rings. The van der Waals surface area contributed by atoms with E-state index in [1.54, 1.807) is 0 Å². The van der Waals surface area contributed by atoms with Crippen molar-refractivity contribution in [2.24, 2.45) is 0 Å². The standard InChI is InChI=1S/C3H7ClO5Si/c1-2(4)3(5)9-10(6,7)8/h2,6-8H,1H3. The average Bonchev–Trinajstić information content (AvgIpc) is 1.60. The molecule has 0 aliphatic heterocycles. The Morgan fingerprint density at radius 3 is 2.10 bits per heavy atom. The summed E-state index contributed by atoms with van der Waals surface area (Å²) in [7, 11) is -4.72. The highest BCUT2D eigenvalue weighted by Crippen LogP contribution is 1.99. The van der Waals surface area contributed by atoms with Gasteiger partial charge >= 0.3 is 15.0 Å². The van der Waals surface area contributed by atoms with Crippen molar-refractivity contribution in [3.63, 3.8) is 0 Å². The molecule has 0 saturated heterocycles. The summed E-state index contributed by atoms with van der Waals surface area (Å²) in [6.45, 7) is 1.28. The van der Waals surface area contributed by atoms with E-state index in [9.17, 15) is 4.79 Å². The summed E-state index contributed by atoms with van der Waals surface area (Å²) in [5, 5.41) is -1.00. The summed E-state index contributed by atoms with van der Waals surface area (Å²) < 4.78 is 3.73. The van der Waals surface area contributed by atoms with E-state index in [0.29, 0.717) is 0 Å². The number of hydrogen-bond donors (Lipinski definition) is 3. The quantitative estimate of drug-likeness (QED) is 0.364. The summed E-state index contributed by atoms with van der Waals surface area (Å²) in [5.74, 6) is -1.05. The summed E-state index contributed by atoms with van der Waals surface area (Å²) in [6, 6.07) is 0. The van der Waals surface area contributed by atoms with Crippen LogP contribution in [0.25, 0.3) is 0 Å². The molecule has 0 spiro atoms. The summed E-state index contributed by atoms with van der Waals surface area (Å²) in [5.41, 5.74) is 0. The van der Waals surface area contributed by atoms with Crippen LogP contribution in [0.5, 0.6) is 0 Å². The number of rotatable bonds is 2. The third-order valence-corrected chi connectivity index (χ3v) is 1.22. The predicted molar refractivity (Wildman–Crippen MR) is 33.8 cm³/mol. The second-order valence-electron chi connectivity index (χ2n) is 1.61. The number of carbonyl (C=O) groups is 1. The van der Waals surface area contributed by atoms with Gasteiger partial charge in [0.1, 0.15) is 5.38 Å². The first-order valence-corrected chi connectivity index (χ1v) is 4.55. The van der Waals surface area contributed by atoms with Crippen LogP contribution in [0.3, 0.4) is 0 Å². The Labute approximate surface area is 63.3 Å². The summed E-state index contributed by atoms with van der Waals surface area (Å²) in [4.78, 5) is 34.9. The molecule has 7 heteroatoms. The van der Waals surface area contributed by atoms with Crippen molar-refractivity contribution in [3.05, 3.63) is 0 Å². The van der Waals surface area contributed by atoms with Gasteiger partial charge in [0.05, 0.1) is 0 Å². The number of alkyl halides is 1. The Morgan fingerprint density at radius 1 is 1.60 bits per heavy atom. The van der Waals surface area contributed by atoms with Gasteiger partial charge in [-0.3, -0.25) is 4.79 Å². The highest BCUT2D eigenvalue weighted by atomic mass is 35.5. The van der Waals surface area contributed by atoms with Gasteiger partial charge in [-0.15, -0.1) is 11.6 Å². The molecule has 0 heterocycles. The first kappa shape index (κ1) is 9.86. The zero-order valence-corrected chi connectivity index (χ0v) is 6.87. The second-order valence-corrected chi connectivity index (χ2v) is 3.62. The Morgan fingerprint density at radius 2 is 2.00 bits per heavy atom. The van der Waals surface area contributed by atoms with E-state index >= 15 is 0 Å². The van der Waals surface area contributed by atoms with Gasteiger partial charge in [0.25, 0.3) is 0 Å². The minimum absolute atomic E-state index is 1.00. The normalized spacial score (nSPS) is 14.5. The van der Waals surface area contributed by atoms with Gasteiger partial charge in [0.2, 0.25) is 0 Å². The molecule has 0 aliphatic carbocycles. The molecule has 1 atom stereocenters. The first-order chi connectivity index (χ1) is 4.33. The monoisotopic (exact) mass is 186 g/mol. The van der Waals surface area contributed by atoms with E-state index in [1.165, 1.54) is 6.92 Å². The van der Waals surface area contributed by atoms with Crippen molar-refractivity contribution in [1.82, 2.24) is 0 Å². The van der Waals surface area contributed by atoms with Crippen LogP contribution in [0.1, 0.15) is 6.92 Å². The third-order valence-electron chi connectivity index (χ3n) is 0.562. The molecule has 10 heavy (non-hydrogen) atoms. The number of carbonyl (C=O) groups excluding carboxylic acids is 1. The molecule has 3 N–H and O–H groups in total. The van der Waals surface area contributed by atoms with Crippen molar-refractivity contribution in [1.29, 1.82) is 0 Å². The van der Waals surface area contributed by atoms with Gasteiger partial charge in [-0.2, -0.15) is 0 Å². The van der Waals surface area contributed by atoms with Gasteiger partial charge in [-0.25, -0.2) is 0 Å². The lowest BCUT2D eigenvalue weighted by atomic mass is 10.5. The molecular formula is C3H7ClO5Si. The lowest BCUT2D eigenvalue weighted by Crippen LogP contribution is -2.42. The fourth-order valence-corrected chi connectivity index (χ4v) is 0.782. The molecule has 60 valence electrons. The molecule has 0 aromatic heterocycles. The molecule has 0 bridgehead atoms. The largest absolute Gasteiger partial charge is 0.743 e. The van der Waals surface area contributed by atoms with Gasteiger partial charge < -0.3 is 18.8 Å². The molecule has 0 aliphatic rings. The molecule has 0 saturated carbocycles. The first-order valence-electron chi connectivity index (χ1n) is 2.37. The second kappa shape index (κ2) is 3.31. The fraction of sp³-hybridized carbons (Fsp3) is 0.667. The van der Waals surface area contributed by atoms with E-state index < -0.39 is 20.4 Å². The Hall–Kier alpha value is -0.143. The maximum Gasteiger partial charge on any atom is 0.743 e. The van der Waals surface area contributed by atoms with Crippen LogP contribution in [0.15, 0.2) is 0 Å². The molecule has 0 aromatic rings. The van der Waals surface area contributed by atoms with Crippen LogP contribution >= 0.6 is 11.6 Å². The third kappa shape index (κ3) is 4.71. The zero-order chi connectivity index (χ0) is 8.36. The average molecular weight is 187 g/mol. The molecule has 0 radical (unpaired) electrons. The van der Waals surface area contributed by atoms with Crippen LogP contribution in [0, 0.1) is 0 Å². The van der Waals surface area contributed by atoms with Crippen molar-refractivity contribution in [2.45, 2.75) is 12.3 Å². The van der Waals surface area contributed by atoms with Crippen LogP contribution in [0.4, 0.5) is 0 Å². The molecule has 0 amide bonds. The van der Waals surface area contributed by atoms with Crippen LogP contribution in [-0.4, -0.2) is 34.8 Å². The highest BCUT2D eigenvalue weighted by Gasteiger charge is 2.37. The predicted octanol–water partition coefficient (Wildman–Crippen LogP) is -1.43. The zero-order valence-electron chi connectivity index (χ0n) is 5.11. The molecule has 5 nitrogen and oxygen atoms in total. The van der Waals surface area contributed by atoms with E-state index in [0.717, 1.165) is 0 Å². The van der Waals surface area contributed by atoms with Gasteiger partial charge in [-0.05, 0) is 6.92 Å². The van der Waals surface area contributed by atoms with E-state index in [-0.39, 0.29) is 0 Å². The van der Waals surface area contributed by atoms with E-state index in [1.807, 2.05) is 0 Å². The van der Waals surface area contributed by atoms with E-state index in [4.69, 9.17) is 26.0 Å². The SMILES string of the molecule is CC(Cl)C(=O)O[Si](O)(O)O. The minimum atomic E-state index is -4.72. The highest BCUT2D eigenvalue weighted by molar-refractivity contribution is 6.51. The fourth-order valence-electron chi connectivity index (χ4n) is 0.216. The van der Waals surface area contributed by atoms with Gasteiger partial charge in [-0.1, -0.05) is 0 Å². The Kier molecular flexibility index (Phi) is 3.26. The number of halogens is 1.